The number of aliphatic hydroxyl groups excluding tert-OH is 1. The standard InChI is InChI=1S/C24H25ClFN5O2/c1-14(2)18-12-28-22(17-10-15(25)5-6-20(17)26)30-23(18)29-21-7-8-27-11-19(21)24(33)31-9-3-4-16(32)13-31/h5-8,10-12,14,16,32H,3-4,9,13H2,1-2H3,(H,27,28,29,30). The summed E-state index contributed by atoms with van der Waals surface area (Å²) in [6.45, 7) is 4.86. The topological polar surface area (TPSA) is 91.2 Å². The number of aromatic nitrogens is 3. The summed E-state index contributed by atoms with van der Waals surface area (Å²) in [5.74, 6) is 0.0250. The van der Waals surface area contributed by atoms with Crippen LogP contribution in [0.3, 0.4) is 0 Å². The molecule has 1 amide bonds. The van der Waals surface area contributed by atoms with Gasteiger partial charge < -0.3 is 15.3 Å². The third-order valence-corrected chi connectivity index (χ3v) is 5.83. The maximum Gasteiger partial charge on any atom is 0.257 e. The second kappa shape index (κ2) is 9.80. The smallest absolute Gasteiger partial charge is 0.257 e. The first-order valence-electron chi connectivity index (χ1n) is 10.8. The van der Waals surface area contributed by atoms with Crippen LogP contribution in [0.25, 0.3) is 11.4 Å². The minimum atomic E-state index is -0.527. The third-order valence-electron chi connectivity index (χ3n) is 5.60. The summed E-state index contributed by atoms with van der Waals surface area (Å²) in [6.07, 6.45) is 5.63. The Hall–Kier alpha value is -3.10. The van der Waals surface area contributed by atoms with Gasteiger partial charge in [-0.25, -0.2) is 14.4 Å². The van der Waals surface area contributed by atoms with Gasteiger partial charge in [-0.05, 0) is 43.0 Å². The molecule has 2 aromatic heterocycles. The number of rotatable bonds is 5. The number of aliphatic hydroxyl groups is 1. The van der Waals surface area contributed by atoms with Crippen molar-refractivity contribution in [2.24, 2.45) is 0 Å². The normalized spacial score (nSPS) is 16.2. The van der Waals surface area contributed by atoms with Crippen LogP contribution in [0.15, 0.2) is 42.9 Å². The first-order chi connectivity index (χ1) is 15.8. The van der Waals surface area contributed by atoms with Gasteiger partial charge in [-0.15, -0.1) is 0 Å². The lowest BCUT2D eigenvalue weighted by atomic mass is 10.0. The van der Waals surface area contributed by atoms with Crippen molar-refractivity contribution in [2.75, 3.05) is 18.4 Å². The maximum atomic E-state index is 14.4. The third kappa shape index (κ3) is 5.12. The summed E-state index contributed by atoms with van der Waals surface area (Å²) in [4.78, 5) is 27.9. The molecule has 1 atom stereocenters. The molecule has 0 radical (unpaired) electrons. The van der Waals surface area contributed by atoms with Crippen LogP contribution >= 0.6 is 11.6 Å². The monoisotopic (exact) mass is 469 g/mol. The average Bonchev–Trinajstić information content (AvgIpc) is 2.80. The zero-order valence-electron chi connectivity index (χ0n) is 18.4. The molecule has 1 aromatic carbocycles. The molecular weight excluding hydrogens is 445 g/mol. The predicted molar refractivity (Wildman–Crippen MR) is 125 cm³/mol. The van der Waals surface area contributed by atoms with E-state index in [1.807, 2.05) is 13.8 Å². The summed E-state index contributed by atoms with van der Waals surface area (Å²) in [5, 5.41) is 13.6. The van der Waals surface area contributed by atoms with Crippen molar-refractivity contribution < 1.29 is 14.3 Å². The van der Waals surface area contributed by atoms with Crippen molar-refractivity contribution in [3.63, 3.8) is 0 Å². The van der Waals surface area contributed by atoms with E-state index >= 15 is 0 Å². The number of carbonyl (C=O) groups is 1. The van der Waals surface area contributed by atoms with Gasteiger partial charge in [0.25, 0.3) is 5.91 Å². The number of nitrogens with one attached hydrogen (secondary N) is 1. The van der Waals surface area contributed by atoms with Gasteiger partial charge in [0, 0.05) is 42.3 Å². The fraction of sp³-hybridized carbons (Fsp3) is 0.333. The lowest BCUT2D eigenvalue weighted by Crippen LogP contribution is -2.42. The predicted octanol–water partition coefficient (Wildman–Crippen LogP) is 4.80. The van der Waals surface area contributed by atoms with Crippen LogP contribution in [0.2, 0.25) is 5.02 Å². The van der Waals surface area contributed by atoms with Crippen LogP contribution in [-0.4, -0.2) is 50.1 Å². The molecule has 3 aromatic rings. The Labute approximate surface area is 196 Å². The molecule has 33 heavy (non-hydrogen) atoms. The van der Waals surface area contributed by atoms with Crippen molar-refractivity contribution in [1.82, 2.24) is 19.9 Å². The summed E-state index contributed by atoms with van der Waals surface area (Å²) < 4.78 is 14.4. The molecule has 1 aliphatic rings. The fourth-order valence-corrected chi connectivity index (χ4v) is 4.00. The van der Waals surface area contributed by atoms with Crippen molar-refractivity contribution >= 4 is 29.0 Å². The molecule has 1 saturated heterocycles. The quantitative estimate of drug-likeness (QED) is 0.558. The molecule has 0 aliphatic carbocycles. The van der Waals surface area contributed by atoms with Gasteiger partial charge in [0.05, 0.1) is 22.9 Å². The van der Waals surface area contributed by atoms with Gasteiger partial charge in [-0.3, -0.25) is 9.78 Å². The van der Waals surface area contributed by atoms with E-state index in [0.717, 1.165) is 12.0 Å². The summed E-state index contributed by atoms with van der Waals surface area (Å²) in [5.41, 5.74) is 1.89. The highest BCUT2D eigenvalue weighted by Gasteiger charge is 2.25. The number of pyridine rings is 1. The second-order valence-corrected chi connectivity index (χ2v) is 8.81. The highest BCUT2D eigenvalue weighted by molar-refractivity contribution is 6.30. The van der Waals surface area contributed by atoms with E-state index in [4.69, 9.17) is 11.6 Å². The number of β-amino-alcohol motifs (C(OH)–C–C–N with tert-alkyl or cyclic N) is 1. The first-order valence-corrected chi connectivity index (χ1v) is 11.2. The van der Waals surface area contributed by atoms with Crippen LogP contribution in [0.5, 0.6) is 0 Å². The van der Waals surface area contributed by atoms with Crippen LogP contribution < -0.4 is 5.32 Å². The molecule has 172 valence electrons. The zero-order chi connectivity index (χ0) is 23.5. The number of amides is 1. The van der Waals surface area contributed by atoms with Crippen molar-refractivity contribution in [1.29, 1.82) is 0 Å². The molecule has 3 heterocycles. The fourth-order valence-electron chi connectivity index (χ4n) is 3.82. The van der Waals surface area contributed by atoms with E-state index in [1.165, 1.54) is 24.4 Å². The molecule has 0 bridgehead atoms. The van der Waals surface area contributed by atoms with Crippen molar-refractivity contribution in [3.05, 3.63) is 64.8 Å². The highest BCUT2D eigenvalue weighted by atomic mass is 35.5. The Morgan fingerprint density at radius 3 is 2.88 bits per heavy atom. The Morgan fingerprint density at radius 1 is 1.30 bits per heavy atom. The SMILES string of the molecule is CC(C)c1cnc(-c2cc(Cl)ccc2F)nc1Nc1ccncc1C(=O)N1CCCC(O)C1. The second-order valence-electron chi connectivity index (χ2n) is 8.37. The summed E-state index contributed by atoms with van der Waals surface area (Å²) in [6, 6.07) is 5.92. The van der Waals surface area contributed by atoms with Gasteiger partial charge in [-0.2, -0.15) is 0 Å². The molecule has 1 fully saturated rings. The number of piperidine rings is 1. The molecule has 0 saturated carbocycles. The molecular formula is C24H25ClFN5O2. The molecule has 0 spiro atoms. The average molecular weight is 470 g/mol. The van der Waals surface area contributed by atoms with Gasteiger partial charge in [0.1, 0.15) is 11.6 Å². The Kier molecular flexibility index (Phi) is 6.85. The van der Waals surface area contributed by atoms with Gasteiger partial charge in [0.15, 0.2) is 5.82 Å². The largest absolute Gasteiger partial charge is 0.391 e. The molecule has 4 rings (SSSR count). The van der Waals surface area contributed by atoms with E-state index in [-0.39, 0.29) is 29.8 Å². The number of hydrogen-bond donors (Lipinski definition) is 2. The molecule has 9 heteroatoms. The van der Waals surface area contributed by atoms with E-state index in [9.17, 15) is 14.3 Å². The number of likely N-dealkylation sites (tertiary alicyclic amines) is 1. The molecule has 1 aliphatic heterocycles. The number of anilines is 2. The van der Waals surface area contributed by atoms with Crippen LogP contribution in [0.1, 0.15) is 48.5 Å². The Morgan fingerprint density at radius 2 is 2.12 bits per heavy atom. The Bertz CT molecular complexity index is 1170. The number of halogens is 2. The molecule has 1 unspecified atom stereocenters. The minimum Gasteiger partial charge on any atom is -0.391 e. The first kappa shape index (κ1) is 23.1. The van der Waals surface area contributed by atoms with Crippen molar-refractivity contribution in [2.45, 2.75) is 38.7 Å². The van der Waals surface area contributed by atoms with Gasteiger partial charge in [-0.1, -0.05) is 25.4 Å². The van der Waals surface area contributed by atoms with E-state index in [0.29, 0.717) is 35.1 Å². The lowest BCUT2D eigenvalue weighted by Gasteiger charge is -2.30. The van der Waals surface area contributed by atoms with E-state index < -0.39 is 11.9 Å². The highest BCUT2D eigenvalue weighted by Crippen LogP contribution is 2.31. The van der Waals surface area contributed by atoms with Gasteiger partial charge in [0.2, 0.25) is 0 Å². The lowest BCUT2D eigenvalue weighted by molar-refractivity contribution is 0.0474. The molecule has 2 N–H and O–H groups in total. The van der Waals surface area contributed by atoms with Crippen LogP contribution in [0, 0.1) is 5.82 Å². The number of hydrogen-bond acceptors (Lipinski definition) is 6. The zero-order valence-corrected chi connectivity index (χ0v) is 19.2. The minimum absolute atomic E-state index is 0.0731. The van der Waals surface area contributed by atoms with Gasteiger partial charge >= 0.3 is 0 Å². The van der Waals surface area contributed by atoms with Crippen molar-refractivity contribution in [3.8, 4) is 11.4 Å². The van der Waals surface area contributed by atoms with Crippen LogP contribution in [0.4, 0.5) is 15.9 Å². The molecule has 7 nitrogen and oxygen atoms in total. The van der Waals surface area contributed by atoms with E-state index in [2.05, 4.69) is 20.3 Å². The number of benzene rings is 1. The summed E-state index contributed by atoms with van der Waals surface area (Å²) in [7, 11) is 0. The number of carbonyl (C=O) groups excluding carboxylic acids is 1. The number of nitrogens with zero attached hydrogens (tertiary/aromatic N) is 4. The maximum absolute atomic E-state index is 14.4. The van der Waals surface area contributed by atoms with E-state index in [1.54, 1.807) is 23.4 Å². The Balaban J connectivity index is 1.72. The summed E-state index contributed by atoms with van der Waals surface area (Å²) >= 11 is 6.05. The van der Waals surface area contributed by atoms with Crippen LogP contribution in [-0.2, 0) is 0 Å².